The molecule has 1 aliphatic heterocycles. The van der Waals surface area contributed by atoms with Crippen LogP contribution in [0.15, 0.2) is 24.3 Å². The Hall–Kier alpha value is -1.63. The predicted molar refractivity (Wildman–Crippen MR) is 113 cm³/mol. The molecule has 1 atom stereocenters. The number of benzene rings is 1. The number of amides is 1. The van der Waals surface area contributed by atoms with Gasteiger partial charge in [-0.1, -0.05) is 31.4 Å². The molecule has 0 bridgehead atoms. The van der Waals surface area contributed by atoms with Gasteiger partial charge in [0.25, 0.3) is 5.91 Å². The van der Waals surface area contributed by atoms with E-state index < -0.39 is 6.10 Å². The molecule has 1 aromatic carbocycles. The second-order valence-electron chi connectivity index (χ2n) is 8.46. The van der Waals surface area contributed by atoms with E-state index in [0.717, 1.165) is 50.9 Å². The minimum Gasteiger partial charge on any atom is -0.484 e. The average molecular weight is 405 g/mol. The fourth-order valence-corrected chi connectivity index (χ4v) is 4.16. The van der Waals surface area contributed by atoms with E-state index in [4.69, 9.17) is 9.47 Å². The molecule has 3 rings (SSSR count). The van der Waals surface area contributed by atoms with E-state index in [9.17, 15) is 9.90 Å². The summed E-state index contributed by atoms with van der Waals surface area (Å²) in [6.07, 6.45) is 8.09. The van der Waals surface area contributed by atoms with E-state index in [2.05, 4.69) is 4.90 Å². The van der Waals surface area contributed by atoms with Crippen LogP contribution < -0.4 is 4.74 Å². The zero-order valence-electron chi connectivity index (χ0n) is 17.7. The van der Waals surface area contributed by atoms with Crippen molar-refractivity contribution in [3.05, 3.63) is 29.8 Å². The van der Waals surface area contributed by atoms with Gasteiger partial charge in [-0.25, -0.2) is 0 Å². The third-order valence-corrected chi connectivity index (χ3v) is 5.80. The molecule has 2 aliphatic rings. The van der Waals surface area contributed by atoms with Gasteiger partial charge in [-0.15, -0.1) is 0 Å². The summed E-state index contributed by atoms with van der Waals surface area (Å²) in [6.45, 7) is 3.54. The van der Waals surface area contributed by atoms with Crippen LogP contribution in [-0.2, 0) is 16.1 Å². The Bertz CT molecular complexity index is 610. The number of likely N-dealkylation sites (tertiary alicyclic amines) is 1. The zero-order valence-corrected chi connectivity index (χ0v) is 17.7. The van der Waals surface area contributed by atoms with Crippen molar-refractivity contribution < 1.29 is 19.4 Å². The van der Waals surface area contributed by atoms with E-state index in [1.54, 1.807) is 0 Å². The predicted octanol–water partition coefficient (Wildman–Crippen LogP) is 2.83. The fourth-order valence-electron chi connectivity index (χ4n) is 4.16. The first-order valence-electron chi connectivity index (χ1n) is 11.1. The smallest absolute Gasteiger partial charge is 0.260 e. The molecule has 1 saturated carbocycles. The van der Waals surface area contributed by atoms with Crippen LogP contribution in [0.1, 0.15) is 50.5 Å². The van der Waals surface area contributed by atoms with Crippen molar-refractivity contribution in [1.29, 1.82) is 0 Å². The zero-order chi connectivity index (χ0) is 20.5. The quantitative estimate of drug-likeness (QED) is 0.650. The lowest BCUT2D eigenvalue weighted by Gasteiger charge is -2.25. The molecule has 6 nitrogen and oxygen atoms in total. The van der Waals surface area contributed by atoms with Gasteiger partial charge in [0, 0.05) is 26.2 Å². The topological polar surface area (TPSA) is 62.2 Å². The molecule has 1 unspecified atom stereocenters. The van der Waals surface area contributed by atoms with Crippen molar-refractivity contribution in [2.45, 2.75) is 63.7 Å². The highest BCUT2D eigenvalue weighted by atomic mass is 16.5. The number of likely N-dealkylation sites (N-methyl/N-ethyl adjacent to an activating group) is 1. The molecule has 0 aromatic heterocycles. The standard InChI is InChI=1S/C23H36N2O4/c1-24(16-20(26)17-28-21-7-3-2-4-8-21)15-19-9-11-22(12-10-19)29-18-23(27)25-13-5-6-14-25/h9-12,20-21,26H,2-8,13-18H2,1H3. The van der Waals surface area contributed by atoms with Crippen LogP contribution in [0.5, 0.6) is 5.75 Å². The van der Waals surface area contributed by atoms with Crippen LogP contribution in [0.2, 0.25) is 0 Å². The normalized spacial score (nSPS) is 18.9. The number of aliphatic hydroxyl groups excluding tert-OH is 1. The number of aliphatic hydroxyl groups is 1. The van der Waals surface area contributed by atoms with Crippen molar-refractivity contribution in [3.8, 4) is 5.75 Å². The van der Waals surface area contributed by atoms with E-state index in [0.29, 0.717) is 25.0 Å². The first-order chi connectivity index (χ1) is 14.1. The minimum atomic E-state index is -0.471. The maximum Gasteiger partial charge on any atom is 0.260 e. The Kier molecular flexibility index (Phi) is 8.77. The molecule has 1 aliphatic carbocycles. The molecule has 1 amide bonds. The van der Waals surface area contributed by atoms with Crippen LogP contribution in [0.3, 0.4) is 0 Å². The third-order valence-electron chi connectivity index (χ3n) is 5.80. The molecule has 2 fully saturated rings. The van der Waals surface area contributed by atoms with Crippen molar-refractivity contribution in [2.24, 2.45) is 0 Å². The Labute approximate surface area is 174 Å². The van der Waals surface area contributed by atoms with Gasteiger partial charge in [0.1, 0.15) is 5.75 Å². The summed E-state index contributed by atoms with van der Waals surface area (Å²) in [6, 6.07) is 7.83. The average Bonchev–Trinajstić information content (AvgIpc) is 3.27. The van der Waals surface area contributed by atoms with Gasteiger partial charge in [0.2, 0.25) is 0 Å². The number of hydrogen-bond acceptors (Lipinski definition) is 5. The fraction of sp³-hybridized carbons (Fsp3) is 0.696. The van der Waals surface area contributed by atoms with Gasteiger partial charge in [0.05, 0.1) is 18.8 Å². The molecule has 1 N–H and O–H groups in total. The van der Waals surface area contributed by atoms with Gasteiger partial charge in [-0.3, -0.25) is 9.69 Å². The highest BCUT2D eigenvalue weighted by molar-refractivity contribution is 5.78. The van der Waals surface area contributed by atoms with Gasteiger partial charge in [0.15, 0.2) is 6.61 Å². The van der Waals surface area contributed by atoms with Gasteiger partial charge >= 0.3 is 0 Å². The highest BCUT2D eigenvalue weighted by Gasteiger charge is 2.18. The summed E-state index contributed by atoms with van der Waals surface area (Å²) < 4.78 is 11.5. The molecular weight excluding hydrogens is 368 g/mol. The van der Waals surface area contributed by atoms with E-state index >= 15 is 0 Å². The second kappa shape index (κ2) is 11.5. The molecule has 1 heterocycles. The first-order valence-corrected chi connectivity index (χ1v) is 11.1. The first kappa shape index (κ1) is 22.1. The Morgan fingerprint density at radius 2 is 1.83 bits per heavy atom. The summed E-state index contributed by atoms with van der Waals surface area (Å²) in [7, 11) is 2.00. The lowest BCUT2D eigenvalue weighted by molar-refractivity contribution is -0.132. The van der Waals surface area contributed by atoms with Crippen molar-refractivity contribution in [2.75, 3.05) is 39.9 Å². The number of carbonyl (C=O) groups excluding carboxylic acids is 1. The summed E-state index contributed by atoms with van der Waals surface area (Å²) in [5.41, 5.74) is 1.14. The second-order valence-corrected chi connectivity index (χ2v) is 8.46. The van der Waals surface area contributed by atoms with Crippen LogP contribution >= 0.6 is 0 Å². The van der Waals surface area contributed by atoms with E-state index in [-0.39, 0.29) is 12.5 Å². The lowest BCUT2D eigenvalue weighted by atomic mass is 9.98. The summed E-state index contributed by atoms with van der Waals surface area (Å²) in [5, 5.41) is 10.3. The van der Waals surface area contributed by atoms with Crippen LogP contribution in [0.25, 0.3) is 0 Å². The number of nitrogens with zero attached hydrogens (tertiary/aromatic N) is 2. The van der Waals surface area contributed by atoms with Crippen LogP contribution in [0, 0.1) is 0 Å². The van der Waals surface area contributed by atoms with Gasteiger partial charge in [-0.05, 0) is 50.4 Å². The number of ether oxygens (including phenoxy) is 2. The minimum absolute atomic E-state index is 0.0655. The molecule has 29 heavy (non-hydrogen) atoms. The largest absolute Gasteiger partial charge is 0.484 e. The van der Waals surface area contributed by atoms with Crippen molar-refractivity contribution in [1.82, 2.24) is 9.80 Å². The molecular formula is C23H36N2O4. The highest BCUT2D eigenvalue weighted by Crippen LogP contribution is 2.20. The Morgan fingerprint density at radius 3 is 2.52 bits per heavy atom. The SMILES string of the molecule is CN(Cc1ccc(OCC(=O)N2CCCC2)cc1)CC(O)COC1CCCCC1. The Morgan fingerprint density at radius 1 is 1.14 bits per heavy atom. The maximum absolute atomic E-state index is 12.0. The number of rotatable bonds is 10. The molecule has 0 radical (unpaired) electrons. The number of hydrogen-bond donors (Lipinski definition) is 1. The van der Waals surface area contributed by atoms with Crippen LogP contribution in [0.4, 0.5) is 0 Å². The third kappa shape index (κ3) is 7.61. The van der Waals surface area contributed by atoms with E-state index in [1.165, 1.54) is 19.3 Å². The maximum atomic E-state index is 12.0. The summed E-state index contributed by atoms with van der Waals surface area (Å²) in [5.74, 6) is 0.778. The van der Waals surface area contributed by atoms with Crippen molar-refractivity contribution >= 4 is 5.91 Å². The van der Waals surface area contributed by atoms with E-state index in [1.807, 2.05) is 36.2 Å². The van der Waals surface area contributed by atoms with Gasteiger partial charge in [-0.2, -0.15) is 0 Å². The molecule has 0 spiro atoms. The lowest BCUT2D eigenvalue weighted by Crippen LogP contribution is -2.33. The summed E-state index contributed by atoms with van der Waals surface area (Å²) in [4.78, 5) is 16.0. The van der Waals surface area contributed by atoms with Gasteiger partial charge < -0.3 is 19.5 Å². The monoisotopic (exact) mass is 404 g/mol. The Balaban J connectivity index is 1.34. The summed E-state index contributed by atoms with van der Waals surface area (Å²) >= 11 is 0. The van der Waals surface area contributed by atoms with Crippen LogP contribution in [-0.4, -0.2) is 72.9 Å². The molecule has 6 heteroatoms. The molecule has 162 valence electrons. The molecule has 1 saturated heterocycles. The number of carbonyl (C=O) groups is 1. The van der Waals surface area contributed by atoms with Crippen molar-refractivity contribution in [3.63, 3.8) is 0 Å². The molecule has 1 aromatic rings.